The number of rotatable bonds is 9. The van der Waals surface area contributed by atoms with Crippen LogP contribution in [0.5, 0.6) is 5.75 Å². The summed E-state index contributed by atoms with van der Waals surface area (Å²) < 4.78 is 35.2. The summed E-state index contributed by atoms with van der Waals surface area (Å²) >= 11 is 0. The van der Waals surface area contributed by atoms with Gasteiger partial charge in [0.05, 0.1) is 25.5 Å². The van der Waals surface area contributed by atoms with E-state index in [9.17, 15) is 18.4 Å². The van der Waals surface area contributed by atoms with Crippen LogP contribution in [0.4, 0.5) is 31.9 Å². The second-order valence-corrected chi connectivity index (χ2v) is 11.7. The topological polar surface area (TPSA) is 103 Å². The van der Waals surface area contributed by atoms with Crippen molar-refractivity contribution in [3.05, 3.63) is 30.0 Å². The van der Waals surface area contributed by atoms with Crippen LogP contribution < -0.4 is 25.2 Å². The van der Waals surface area contributed by atoms with E-state index < -0.39 is 18.4 Å². The van der Waals surface area contributed by atoms with Crippen LogP contribution in [0.25, 0.3) is 0 Å². The third-order valence-corrected chi connectivity index (χ3v) is 7.32. The number of nitrogens with zero attached hydrogens (tertiary/aromatic N) is 5. The molecule has 1 saturated carbocycles. The number of nitrogens with one attached hydrogen (secondary N) is 2. The molecule has 2 aromatic rings. The van der Waals surface area contributed by atoms with Gasteiger partial charge < -0.3 is 30.1 Å². The number of methoxy groups -OCH3 is 1. The van der Waals surface area contributed by atoms with Crippen molar-refractivity contribution >= 4 is 35.0 Å². The van der Waals surface area contributed by atoms with Gasteiger partial charge in [-0.15, -0.1) is 0 Å². The average molecular weight is 560 g/mol. The number of hydrogen-bond donors (Lipinski definition) is 2. The van der Waals surface area contributed by atoms with E-state index in [4.69, 9.17) is 4.74 Å². The molecule has 2 N–H and O–H groups in total. The van der Waals surface area contributed by atoms with Gasteiger partial charge in [-0.1, -0.05) is 26.7 Å². The van der Waals surface area contributed by atoms with Crippen LogP contribution in [-0.4, -0.2) is 86.5 Å². The summed E-state index contributed by atoms with van der Waals surface area (Å²) in [6, 6.07) is 4.84. The number of fused-ring (bicyclic) bond motifs is 1. The maximum Gasteiger partial charge on any atom is 0.342 e. The van der Waals surface area contributed by atoms with E-state index >= 15 is 0 Å². The minimum Gasteiger partial charge on any atom is -0.495 e. The lowest BCUT2D eigenvalue weighted by Gasteiger charge is -2.31. The number of ether oxygens (including phenoxy) is 1. The summed E-state index contributed by atoms with van der Waals surface area (Å²) in [5.41, 5.74) is 1.06. The number of carbonyl (C=O) groups is 2. The molecule has 40 heavy (non-hydrogen) atoms. The minimum atomic E-state index is -3.55. The Bertz CT molecular complexity index is 1250. The fourth-order valence-electron chi connectivity index (χ4n) is 5.49. The molecule has 218 valence electrons. The van der Waals surface area contributed by atoms with E-state index in [0.29, 0.717) is 23.5 Å². The molecule has 1 aromatic heterocycles. The lowest BCUT2D eigenvalue weighted by molar-refractivity contribution is -0.140. The molecule has 0 bridgehead atoms. The van der Waals surface area contributed by atoms with E-state index in [1.54, 1.807) is 23.1 Å². The SMILES string of the molecule is COc1cc(C(=O)NCC(C)(C)CN(C)C)ccc1Nc1ncc2c(n1)N(C1CCCC1)CC(F)(F)C(=O)N2C. The highest BCUT2D eigenvalue weighted by Crippen LogP contribution is 2.40. The number of alkyl halides is 2. The first kappa shape index (κ1) is 29.4. The highest BCUT2D eigenvalue weighted by molar-refractivity contribution is 6.02. The summed E-state index contributed by atoms with van der Waals surface area (Å²) in [4.78, 5) is 38.8. The fourth-order valence-corrected chi connectivity index (χ4v) is 5.49. The Kier molecular flexibility index (Phi) is 8.48. The first-order valence-electron chi connectivity index (χ1n) is 13.5. The summed E-state index contributed by atoms with van der Waals surface area (Å²) in [5, 5.41) is 6.08. The summed E-state index contributed by atoms with van der Waals surface area (Å²) in [6.07, 6.45) is 4.77. The summed E-state index contributed by atoms with van der Waals surface area (Å²) in [5.74, 6) is -4.21. The number of aromatic nitrogens is 2. The zero-order valence-electron chi connectivity index (χ0n) is 24.1. The Hall–Kier alpha value is -3.54. The average Bonchev–Trinajstić information content (AvgIpc) is 3.42. The molecule has 0 radical (unpaired) electrons. The van der Waals surface area contributed by atoms with Gasteiger partial charge in [0.2, 0.25) is 5.95 Å². The molecule has 1 aliphatic carbocycles. The smallest absolute Gasteiger partial charge is 0.342 e. The van der Waals surface area contributed by atoms with Crippen molar-refractivity contribution in [3.63, 3.8) is 0 Å². The molecule has 10 nitrogen and oxygen atoms in total. The Morgan fingerprint density at radius 2 is 1.95 bits per heavy atom. The molecule has 0 unspecified atom stereocenters. The zero-order valence-corrected chi connectivity index (χ0v) is 24.1. The van der Waals surface area contributed by atoms with Gasteiger partial charge in [-0.25, -0.2) is 4.98 Å². The van der Waals surface area contributed by atoms with Gasteiger partial charge in [-0.3, -0.25) is 9.59 Å². The van der Waals surface area contributed by atoms with E-state index in [0.717, 1.165) is 37.1 Å². The number of halogens is 2. The highest BCUT2D eigenvalue weighted by atomic mass is 19.3. The Morgan fingerprint density at radius 1 is 1.25 bits per heavy atom. The van der Waals surface area contributed by atoms with E-state index in [1.807, 2.05) is 14.1 Å². The predicted octanol–water partition coefficient (Wildman–Crippen LogP) is 3.91. The van der Waals surface area contributed by atoms with E-state index in [1.165, 1.54) is 20.4 Å². The van der Waals surface area contributed by atoms with Crippen LogP contribution >= 0.6 is 0 Å². The van der Waals surface area contributed by atoms with Crippen LogP contribution in [-0.2, 0) is 4.79 Å². The van der Waals surface area contributed by atoms with Crippen molar-refractivity contribution in [1.29, 1.82) is 0 Å². The molecular weight excluding hydrogens is 520 g/mol. The highest BCUT2D eigenvalue weighted by Gasteiger charge is 2.48. The molecule has 0 saturated heterocycles. The Morgan fingerprint density at radius 3 is 2.60 bits per heavy atom. The van der Waals surface area contributed by atoms with Crippen molar-refractivity contribution in [2.45, 2.75) is 51.5 Å². The molecular formula is C28H39F2N7O3. The number of anilines is 4. The summed E-state index contributed by atoms with van der Waals surface area (Å²) in [6.45, 7) is 4.76. The zero-order chi connectivity index (χ0) is 29.2. The molecule has 1 fully saturated rings. The first-order valence-corrected chi connectivity index (χ1v) is 13.5. The van der Waals surface area contributed by atoms with Crippen LogP contribution in [0.1, 0.15) is 49.9 Å². The quantitative estimate of drug-likeness (QED) is 0.477. The molecule has 0 atom stereocenters. The van der Waals surface area contributed by atoms with Crippen molar-refractivity contribution in [2.24, 2.45) is 5.41 Å². The van der Waals surface area contributed by atoms with Gasteiger partial charge in [0.15, 0.2) is 5.82 Å². The second-order valence-electron chi connectivity index (χ2n) is 11.7. The normalized spacial score (nSPS) is 17.6. The van der Waals surface area contributed by atoms with Crippen molar-refractivity contribution < 1.29 is 23.1 Å². The van der Waals surface area contributed by atoms with Crippen molar-refractivity contribution in [1.82, 2.24) is 20.2 Å². The molecule has 1 aliphatic heterocycles. The second kappa shape index (κ2) is 11.5. The van der Waals surface area contributed by atoms with Crippen LogP contribution in [0.3, 0.4) is 0 Å². The Labute approximate surface area is 234 Å². The fraction of sp³-hybridized carbons (Fsp3) is 0.571. The molecule has 0 spiro atoms. The number of amides is 2. The van der Waals surface area contributed by atoms with Crippen molar-refractivity contribution in [3.8, 4) is 5.75 Å². The first-order chi connectivity index (χ1) is 18.8. The summed E-state index contributed by atoms with van der Waals surface area (Å²) in [7, 11) is 6.80. The van der Waals surface area contributed by atoms with Crippen LogP contribution in [0.2, 0.25) is 0 Å². The van der Waals surface area contributed by atoms with E-state index in [2.05, 4.69) is 39.3 Å². The monoisotopic (exact) mass is 559 g/mol. The number of hydrogen-bond acceptors (Lipinski definition) is 8. The van der Waals surface area contributed by atoms with Gasteiger partial charge >= 0.3 is 5.92 Å². The predicted molar refractivity (Wildman–Crippen MR) is 151 cm³/mol. The van der Waals surface area contributed by atoms with Gasteiger partial charge in [0, 0.05) is 31.7 Å². The van der Waals surface area contributed by atoms with Gasteiger partial charge in [0.1, 0.15) is 11.4 Å². The lowest BCUT2D eigenvalue weighted by Crippen LogP contribution is -2.48. The van der Waals surface area contributed by atoms with Gasteiger partial charge in [-0.05, 0) is 50.6 Å². The molecule has 12 heteroatoms. The molecule has 2 aliphatic rings. The lowest BCUT2D eigenvalue weighted by atomic mass is 9.93. The molecule has 2 heterocycles. The minimum absolute atomic E-state index is 0.109. The number of carbonyl (C=O) groups excluding carboxylic acids is 2. The third-order valence-electron chi connectivity index (χ3n) is 7.32. The van der Waals surface area contributed by atoms with Gasteiger partial charge in [-0.2, -0.15) is 13.8 Å². The molecule has 4 rings (SSSR count). The van der Waals surface area contributed by atoms with Crippen molar-refractivity contribution in [2.75, 3.05) is 63.0 Å². The molecule has 2 amide bonds. The standard InChI is InChI=1S/C28H39F2N7O3/c1-27(2,16-35(3)4)15-32-24(38)18-11-12-20(22(13-18)40-6)33-26-31-14-21-23(34-26)37(19-9-7-8-10-19)17-28(29,30)25(39)36(21)5/h11-14,19H,7-10,15-17H2,1-6H3,(H,32,38)(H,31,33,34). The largest absolute Gasteiger partial charge is 0.495 e. The van der Waals surface area contributed by atoms with Crippen LogP contribution in [0, 0.1) is 5.41 Å². The van der Waals surface area contributed by atoms with Crippen LogP contribution in [0.15, 0.2) is 24.4 Å². The maximum absolute atomic E-state index is 14.9. The van der Waals surface area contributed by atoms with Gasteiger partial charge in [0.25, 0.3) is 11.8 Å². The molecule has 1 aromatic carbocycles. The maximum atomic E-state index is 14.9. The number of benzene rings is 1. The third kappa shape index (κ3) is 6.43. The van der Waals surface area contributed by atoms with E-state index in [-0.39, 0.29) is 34.8 Å². The Balaban J connectivity index is 1.58.